The number of benzene rings is 1. The van der Waals surface area contributed by atoms with Gasteiger partial charge in [0.1, 0.15) is 16.7 Å². The van der Waals surface area contributed by atoms with E-state index in [4.69, 9.17) is 9.47 Å². The van der Waals surface area contributed by atoms with E-state index in [1.807, 2.05) is 18.2 Å². The summed E-state index contributed by atoms with van der Waals surface area (Å²) in [7, 11) is 0. The third-order valence-electron chi connectivity index (χ3n) is 5.85. The smallest absolute Gasteiger partial charge is 0.320 e. The standard InChI is InChI=1S/C28H45BrO4/c1-3-5-7-9-10-11-12-13-15-21-25(23-27(30)32-24-19-16-14-17-20-24)33-28(31)26(29)22-18-8-6-4-2/h14,16-17,19-20,25-26H,3-13,15,18,21-23H2,1-2H3/t25-,26?/m1/s1. The van der Waals surface area contributed by atoms with Crippen molar-refractivity contribution >= 4 is 27.9 Å². The molecule has 0 aliphatic rings. The van der Waals surface area contributed by atoms with Gasteiger partial charge in [0.25, 0.3) is 0 Å². The first-order valence-corrected chi connectivity index (χ1v) is 14.1. The molecule has 5 heteroatoms. The topological polar surface area (TPSA) is 52.6 Å². The van der Waals surface area contributed by atoms with Crippen molar-refractivity contribution in [1.29, 1.82) is 0 Å². The number of hydrogen-bond donors (Lipinski definition) is 0. The average molecular weight is 526 g/mol. The Morgan fingerprint density at radius 1 is 0.758 bits per heavy atom. The van der Waals surface area contributed by atoms with Gasteiger partial charge in [-0.1, -0.05) is 125 Å². The van der Waals surface area contributed by atoms with Crippen molar-refractivity contribution in [2.75, 3.05) is 0 Å². The van der Waals surface area contributed by atoms with Crippen molar-refractivity contribution < 1.29 is 19.1 Å². The maximum atomic E-state index is 12.6. The first-order chi connectivity index (χ1) is 16.1. The first kappa shape index (κ1) is 29.7. The summed E-state index contributed by atoms with van der Waals surface area (Å²) in [5, 5.41) is 0. The molecular formula is C28H45BrO4. The number of carbonyl (C=O) groups excluding carboxylic acids is 2. The predicted molar refractivity (Wildman–Crippen MR) is 140 cm³/mol. The van der Waals surface area contributed by atoms with Crippen LogP contribution in [0.1, 0.15) is 117 Å². The fraction of sp³-hybridized carbons (Fsp3) is 0.714. The lowest BCUT2D eigenvalue weighted by Gasteiger charge is -2.19. The number of halogens is 1. The number of rotatable bonds is 20. The summed E-state index contributed by atoms with van der Waals surface area (Å²) in [5.41, 5.74) is 0. The van der Waals surface area contributed by atoms with Crippen molar-refractivity contribution in [2.24, 2.45) is 0 Å². The SMILES string of the molecule is CCCCCCCCCCC[C@H](CC(=O)Oc1ccccc1)OC(=O)C(Br)CCCCCC. The average Bonchev–Trinajstić information content (AvgIpc) is 2.81. The van der Waals surface area contributed by atoms with E-state index in [-0.39, 0.29) is 23.2 Å². The summed E-state index contributed by atoms with van der Waals surface area (Å²) in [6.07, 6.45) is 16.7. The lowest BCUT2D eigenvalue weighted by molar-refractivity contribution is -0.152. The number of esters is 2. The molecule has 0 aliphatic heterocycles. The van der Waals surface area contributed by atoms with Gasteiger partial charge in [-0.15, -0.1) is 0 Å². The fourth-order valence-corrected chi connectivity index (χ4v) is 4.27. The summed E-state index contributed by atoms with van der Waals surface area (Å²) >= 11 is 3.48. The second kappa shape index (κ2) is 20.1. The molecular weight excluding hydrogens is 480 g/mol. The Hall–Kier alpha value is -1.36. The van der Waals surface area contributed by atoms with Gasteiger partial charge in [-0.3, -0.25) is 9.59 Å². The van der Waals surface area contributed by atoms with E-state index in [1.54, 1.807) is 12.1 Å². The predicted octanol–water partition coefficient (Wildman–Crippen LogP) is 8.55. The zero-order chi connectivity index (χ0) is 24.2. The molecule has 1 rings (SSSR count). The van der Waals surface area contributed by atoms with Crippen LogP contribution in [0.4, 0.5) is 0 Å². The molecule has 0 N–H and O–H groups in total. The molecule has 0 saturated carbocycles. The number of para-hydroxylation sites is 1. The minimum absolute atomic E-state index is 0.0905. The van der Waals surface area contributed by atoms with Gasteiger partial charge in [0.2, 0.25) is 0 Å². The van der Waals surface area contributed by atoms with Crippen LogP contribution in [0.3, 0.4) is 0 Å². The number of carbonyl (C=O) groups is 2. The molecule has 33 heavy (non-hydrogen) atoms. The highest BCUT2D eigenvalue weighted by molar-refractivity contribution is 9.10. The second-order valence-electron chi connectivity index (χ2n) is 8.98. The van der Waals surface area contributed by atoms with Crippen LogP contribution in [0.2, 0.25) is 0 Å². The largest absolute Gasteiger partial charge is 0.461 e. The normalized spacial score (nSPS) is 12.8. The molecule has 188 valence electrons. The monoisotopic (exact) mass is 524 g/mol. The molecule has 0 saturated heterocycles. The van der Waals surface area contributed by atoms with Gasteiger partial charge < -0.3 is 9.47 Å². The van der Waals surface area contributed by atoms with Crippen LogP contribution in [0.15, 0.2) is 30.3 Å². The Morgan fingerprint density at radius 2 is 1.27 bits per heavy atom. The van der Waals surface area contributed by atoms with E-state index in [0.29, 0.717) is 12.2 Å². The van der Waals surface area contributed by atoms with Crippen molar-refractivity contribution in [3.63, 3.8) is 0 Å². The van der Waals surface area contributed by atoms with E-state index < -0.39 is 6.10 Å². The van der Waals surface area contributed by atoms with Crippen molar-refractivity contribution in [2.45, 2.75) is 128 Å². The zero-order valence-electron chi connectivity index (χ0n) is 20.9. The summed E-state index contributed by atoms with van der Waals surface area (Å²) in [6.45, 7) is 4.41. The molecule has 0 fully saturated rings. The van der Waals surface area contributed by atoms with Gasteiger partial charge in [-0.2, -0.15) is 0 Å². The van der Waals surface area contributed by atoms with Gasteiger partial charge in [-0.05, 0) is 31.4 Å². The lowest BCUT2D eigenvalue weighted by Crippen LogP contribution is -2.28. The Kier molecular flexibility index (Phi) is 18.0. The van der Waals surface area contributed by atoms with Gasteiger partial charge in [0.15, 0.2) is 0 Å². The fourth-order valence-electron chi connectivity index (χ4n) is 3.84. The van der Waals surface area contributed by atoms with E-state index in [9.17, 15) is 9.59 Å². The van der Waals surface area contributed by atoms with E-state index in [0.717, 1.165) is 32.1 Å². The summed E-state index contributed by atoms with van der Waals surface area (Å²) in [6, 6.07) is 9.05. The highest BCUT2D eigenvalue weighted by Gasteiger charge is 2.23. The molecule has 0 bridgehead atoms. The van der Waals surface area contributed by atoms with Crippen LogP contribution < -0.4 is 4.74 Å². The van der Waals surface area contributed by atoms with Crippen LogP contribution in [-0.2, 0) is 14.3 Å². The van der Waals surface area contributed by atoms with Crippen LogP contribution in [0.25, 0.3) is 0 Å². The number of ether oxygens (including phenoxy) is 2. The molecule has 0 spiro atoms. The zero-order valence-corrected chi connectivity index (χ0v) is 22.5. The number of unbranched alkanes of at least 4 members (excludes halogenated alkanes) is 11. The highest BCUT2D eigenvalue weighted by Crippen LogP contribution is 2.20. The Bertz CT molecular complexity index is 620. The number of hydrogen-bond acceptors (Lipinski definition) is 4. The minimum Gasteiger partial charge on any atom is -0.461 e. The van der Waals surface area contributed by atoms with E-state index in [2.05, 4.69) is 29.8 Å². The molecule has 0 aromatic heterocycles. The van der Waals surface area contributed by atoms with E-state index >= 15 is 0 Å². The van der Waals surface area contributed by atoms with Gasteiger partial charge in [-0.25, -0.2) is 0 Å². The van der Waals surface area contributed by atoms with Crippen molar-refractivity contribution in [1.82, 2.24) is 0 Å². The third-order valence-corrected chi connectivity index (χ3v) is 6.68. The van der Waals surface area contributed by atoms with Gasteiger partial charge >= 0.3 is 11.9 Å². The summed E-state index contributed by atoms with van der Waals surface area (Å²) in [4.78, 5) is 24.7. The lowest BCUT2D eigenvalue weighted by atomic mass is 10.0. The van der Waals surface area contributed by atoms with Crippen molar-refractivity contribution in [3.8, 4) is 5.75 Å². The molecule has 0 aliphatic carbocycles. The third kappa shape index (κ3) is 16.0. The quantitative estimate of drug-likeness (QED) is 0.0741. The molecule has 1 aromatic carbocycles. The van der Waals surface area contributed by atoms with Crippen LogP contribution in [-0.4, -0.2) is 22.9 Å². The summed E-state index contributed by atoms with van der Waals surface area (Å²) < 4.78 is 11.2. The molecule has 0 amide bonds. The Morgan fingerprint density at radius 3 is 1.88 bits per heavy atom. The Balaban J connectivity index is 2.44. The Labute approximate surface area is 210 Å². The van der Waals surface area contributed by atoms with Gasteiger partial charge in [0.05, 0.1) is 6.42 Å². The van der Waals surface area contributed by atoms with E-state index in [1.165, 1.54) is 57.8 Å². The molecule has 0 radical (unpaired) electrons. The van der Waals surface area contributed by atoms with Crippen LogP contribution >= 0.6 is 15.9 Å². The van der Waals surface area contributed by atoms with Crippen LogP contribution in [0, 0.1) is 0 Å². The maximum absolute atomic E-state index is 12.6. The van der Waals surface area contributed by atoms with Crippen LogP contribution in [0.5, 0.6) is 5.75 Å². The second-order valence-corrected chi connectivity index (χ2v) is 10.1. The molecule has 4 nitrogen and oxygen atoms in total. The number of alkyl halides is 1. The minimum atomic E-state index is -0.436. The molecule has 2 atom stereocenters. The highest BCUT2D eigenvalue weighted by atomic mass is 79.9. The first-order valence-electron chi connectivity index (χ1n) is 13.2. The summed E-state index contributed by atoms with van der Waals surface area (Å²) in [5.74, 6) is -0.103. The molecule has 1 aromatic rings. The molecule has 1 unspecified atom stereocenters. The van der Waals surface area contributed by atoms with Crippen molar-refractivity contribution in [3.05, 3.63) is 30.3 Å². The van der Waals surface area contributed by atoms with Gasteiger partial charge in [0, 0.05) is 0 Å². The molecule has 0 heterocycles. The maximum Gasteiger partial charge on any atom is 0.320 e.